The molecule has 1 fully saturated rings. The summed E-state index contributed by atoms with van der Waals surface area (Å²) in [7, 11) is -3.66. The number of hydrogen-bond acceptors (Lipinski definition) is 3. The minimum Gasteiger partial charge on any atom is -0.490 e. The van der Waals surface area contributed by atoms with Crippen molar-refractivity contribution in [1.29, 1.82) is 0 Å². The summed E-state index contributed by atoms with van der Waals surface area (Å²) in [6.07, 6.45) is 6.11. The molecule has 2 rings (SSSR count). The lowest BCUT2D eigenvalue weighted by Crippen LogP contribution is -2.20. The highest BCUT2D eigenvalue weighted by atomic mass is 32.2. The summed E-state index contributed by atoms with van der Waals surface area (Å²) in [5, 5.41) is 5.19. The van der Waals surface area contributed by atoms with Gasteiger partial charge in [-0.2, -0.15) is 0 Å². The summed E-state index contributed by atoms with van der Waals surface area (Å²) in [6, 6.07) is 3.38. The molecule has 19 heavy (non-hydrogen) atoms. The van der Waals surface area contributed by atoms with Gasteiger partial charge < -0.3 is 4.74 Å². The van der Waals surface area contributed by atoms with Crippen molar-refractivity contribution in [2.75, 3.05) is 0 Å². The first-order valence-electron chi connectivity index (χ1n) is 6.68. The average molecular weight is 283 g/mol. The van der Waals surface area contributed by atoms with Crippen molar-refractivity contribution in [3.63, 3.8) is 0 Å². The van der Waals surface area contributed by atoms with Crippen LogP contribution in [0.15, 0.2) is 17.0 Å². The van der Waals surface area contributed by atoms with Gasteiger partial charge in [-0.3, -0.25) is 0 Å². The predicted molar refractivity (Wildman–Crippen MR) is 74.8 cm³/mol. The van der Waals surface area contributed by atoms with Crippen LogP contribution < -0.4 is 9.88 Å². The van der Waals surface area contributed by atoms with Gasteiger partial charge in [-0.05, 0) is 62.8 Å². The van der Waals surface area contributed by atoms with Gasteiger partial charge in [0.05, 0.1) is 11.0 Å². The Hall–Kier alpha value is -1.07. The maximum Gasteiger partial charge on any atom is 0.238 e. The number of benzene rings is 1. The Labute approximate surface area is 115 Å². The Morgan fingerprint density at radius 3 is 2.32 bits per heavy atom. The van der Waals surface area contributed by atoms with Gasteiger partial charge in [0.1, 0.15) is 5.75 Å². The number of ether oxygens (including phenoxy) is 1. The first-order valence-corrected chi connectivity index (χ1v) is 8.23. The van der Waals surface area contributed by atoms with Crippen molar-refractivity contribution in [2.24, 2.45) is 5.14 Å². The smallest absolute Gasteiger partial charge is 0.238 e. The maximum absolute atomic E-state index is 11.4. The Morgan fingerprint density at radius 2 is 1.74 bits per heavy atom. The minimum absolute atomic E-state index is 0.181. The molecule has 0 atom stereocenters. The van der Waals surface area contributed by atoms with Crippen molar-refractivity contribution >= 4 is 10.0 Å². The van der Waals surface area contributed by atoms with E-state index in [2.05, 4.69) is 0 Å². The van der Waals surface area contributed by atoms with E-state index in [1.165, 1.54) is 19.3 Å². The van der Waals surface area contributed by atoms with Crippen LogP contribution in [-0.2, 0) is 10.0 Å². The third-order valence-electron chi connectivity index (χ3n) is 3.62. The zero-order valence-corrected chi connectivity index (χ0v) is 12.3. The van der Waals surface area contributed by atoms with E-state index in [1.807, 2.05) is 6.92 Å². The van der Waals surface area contributed by atoms with Crippen LogP contribution in [0.1, 0.15) is 43.2 Å². The van der Waals surface area contributed by atoms with Gasteiger partial charge >= 0.3 is 0 Å². The maximum atomic E-state index is 11.4. The van der Waals surface area contributed by atoms with Gasteiger partial charge in [-0.1, -0.05) is 6.42 Å². The molecule has 0 unspecified atom stereocenters. The van der Waals surface area contributed by atoms with E-state index in [4.69, 9.17) is 9.88 Å². The molecule has 0 saturated heterocycles. The van der Waals surface area contributed by atoms with Crippen molar-refractivity contribution < 1.29 is 13.2 Å². The van der Waals surface area contributed by atoms with Crippen LogP contribution in [0.5, 0.6) is 5.75 Å². The lowest BCUT2D eigenvalue weighted by Gasteiger charge is -2.24. The fraction of sp³-hybridized carbons (Fsp3) is 0.571. The molecule has 0 amide bonds. The number of nitrogens with two attached hydrogens (primary N) is 1. The second-order valence-corrected chi connectivity index (χ2v) is 6.84. The second kappa shape index (κ2) is 5.51. The molecule has 1 aromatic carbocycles. The van der Waals surface area contributed by atoms with Crippen LogP contribution >= 0.6 is 0 Å². The van der Waals surface area contributed by atoms with Gasteiger partial charge in [-0.25, -0.2) is 13.6 Å². The number of primary sulfonamides is 1. The van der Waals surface area contributed by atoms with Crippen LogP contribution in [0.2, 0.25) is 0 Å². The summed E-state index contributed by atoms with van der Waals surface area (Å²) < 4.78 is 28.9. The van der Waals surface area contributed by atoms with Crippen molar-refractivity contribution in [1.82, 2.24) is 0 Å². The summed E-state index contributed by atoms with van der Waals surface area (Å²) in [6.45, 7) is 3.60. The highest BCUT2D eigenvalue weighted by Gasteiger charge is 2.18. The molecule has 0 aliphatic heterocycles. The van der Waals surface area contributed by atoms with E-state index < -0.39 is 10.0 Å². The zero-order chi connectivity index (χ0) is 14.0. The lowest BCUT2D eigenvalue weighted by atomic mass is 9.97. The molecule has 1 aliphatic carbocycles. The average Bonchev–Trinajstić information content (AvgIpc) is 2.33. The quantitative estimate of drug-likeness (QED) is 0.927. The fourth-order valence-corrected chi connectivity index (χ4v) is 3.41. The summed E-state index contributed by atoms with van der Waals surface area (Å²) in [4.78, 5) is 0.181. The van der Waals surface area contributed by atoms with E-state index in [0.717, 1.165) is 24.2 Å². The molecule has 2 N–H and O–H groups in total. The van der Waals surface area contributed by atoms with Crippen molar-refractivity contribution in [3.8, 4) is 5.75 Å². The molecule has 1 saturated carbocycles. The lowest BCUT2D eigenvalue weighted by molar-refractivity contribution is 0.154. The normalized spacial score (nSPS) is 17.4. The SMILES string of the molecule is Cc1cc(S(N)(=O)=O)c(C)cc1OC1CCCCC1. The summed E-state index contributed by atoms with van der Waals surface area (Å²) in [5.74, 6) is 0.775. The minimum atomic E-state index is -3.66. The molecule has 1 aliphatic rings. The van der Waals surface area contributed by atoms with Gasteiger partial charge in [0.15, 0.2) is 0 Å². The van der Waals surface area contributed by atoms with E-state index in [-0.39, 0.29) is 11.0 Å². The van der Waals surface area contributed by atoms with E-state index in [9.17, 15) is 8.42 Å². The topological polar surface area (TPSA) is 69.4 Å². The molecule has 0 spiro atoms. The van der Waals surface area contributed by atoms with E-state index >= 15 is 0 Å². The molecular weight excluding hydrogens is 262 g/mol. The van der Waals surface area contributed by atoms with Gasteiger partial charge in [0, 0.05) is 0 Å². The monoisotopic (exact) mass is 283 g/mol. The van der Waals surface area contributed by atoms with E-state index in [0.29, 0.717) is 5.56 Å². The third-order valence-corrected chi connectivity index (χ3v) is 4.68. The molecule has 106 valence electrons. The Bertz CT molecular complexity index is 560. The largest absolute Gasteiger partial charge is 0.490 e. The predicted octanol–water partition coefficient (Wildman–Crippen LogP) is 2.66. The third kappa shape index (κ3) is 3.48. The standard InChI is InChI=1S/C14H21NO3S/c1-10-9-14(19(15,16)17)11(2)8-13(10)18-12-6-4-3-5-7-12/h8-9,12H,3-7H2,1-2H3,(H2,15,16,17). The fourth-order valence-electron chi connectivity index (χ4n) is 2.56. The number of sulfonamides is 1. The number of rotatable bonds is 3. The van der Waals surface area contributed by atoms with Gasteiger partial charge in [0.2, 0.25) is 10.0 Å². The number of hydrogen-bond donors (Lipinski definition) is 1. The summed E-state index contributed by atoms with van der Waals surface area (Å²) in [5.41, 5.74) is 1.46. The highest BCUT2D eigenvalue weighted by Crippen LogP contribution is 2.29. The first kappa shape index (κ1) is 14.3. The Balaban J connectivity index is 2.25. The molecule has 1 aromatic rings. The van der Waals surface area contributed by atoms with Crippen molar-refractivity contribution in [3.05, 3.63) is 23.3 Å². The molecular formula is C14H21NO3S. The molecule has 4 nitrogen and oxygen atoms in total. The second-order valence-electron chi connectivity index (χ2n) is 5.31. The zero-order valence-electron chi connectivity index (χ0n) is 11.5. The molecule has 5 heteroatoms. The molecule has 0 heterocycles. The van der Waals surface area contributed by atoms with E-state index in [1.54, 1.807) is 19.1 Å². The van der Waals surface area contributed by atoms with Crippen LogP contribution in [0.25, 0.3) is 0 Å². The van der Waals surface area contributed by atoms with Crippen LogP contribution in [-0.4, -0.2) is 14.5 Å². The number of aryl methyl sites for hydroxylation is 2. The first-order chi connectivity index (χ1) is 8.88. The Kier molecular flexibility index (Phi) is 4.16. The van der Waals surface area contributed by atoms with Crippen LogP contribution in [0.4, 0.5) is 0 Å². The molecule has 0 bridgehead atoms. The van der Waals surface area contributed by atoms with Crippen LogP contribution in [0.3, 0.4) is 0 Å². The Morgan fingerprint density at radius 1 is 1.11 bits per heavy atom. The van der Waals surface area contributed by atoms with Crippen molar-refractivity contribution in [2.45, 2.75) is 57.0 Å². The van der Waals surface area contributed by atoms with Gasteiger partial charge in [0.25, 0.3) is 0 Å². The molecule has 0 aromatic heterocycles. The van der Waals surface area contributed by atoms with Crippen LogP contribution in [0, 0.1) is 13.8 Å². The summed E-state index contributed by atoms with van der Waals surface area (Å²) >= 11 is 0. The molecule has 0 radical (unpaired) electrons. The van der Waals surface area contributed by atoms with Gasteiger partial charge in [-0.15, -0.1) is 0 Å². The highest BCUT2D eigenvalue weighted by molar-refractivity contribution is 7.89.